The predicted octanol–water partition coefficient (Wildman–Crippen LogP) is 2.69. The lowest BCUT2D eigenvalue weighted by molar-refractivity contribution is 0.0943. The molecule has 3 aromatic rings. The summed E-state index contributed by atoms with van der Waals surface area (Å²) >= 11 is 0. The largest absolute Gasteiger partial charge is 0.397 e. The molecule has 0 bridgehead atoms. The van der Waals surface area contributed by atoms with Crippen LogP contribution in [0.15, 0.2) is 54.7 Å². The number of aryl methyl sites for hydroxylation is 1. The Morgan fingerprint density at radius 2 is 1.95 bits per heavy atom. The van der Waals surface area contributed by atoms with E-state index in [-0.39, 0.29) is 5.91 Å². The number of nitrogens with zero attached hydrogens (tertiary/aromatic N) is 1. The van der Waals surface area contributed by atoms with E-state index in [1.54, 1.807) is 16.8 Å². The van der Waals surface area contributed by atoms with Gasteiger partial charge in [-0.3, -0.25) is 4.79 Å². The summed E-state index contributed by atoms with van der Waals surface area (Å²) in [5.41, 5.74) is 7.95. The molecule has 0 saturated heterocycles. The molecule has 0 fully saturated rings. The minimum Gasteiger partial charge on any atom is -0.397 e. The molecule has 0 aliphatic heterocycles. The zero-order chi connectivity index (χ0) is 14.8. The van der Waals surface area contributed by atoms with Crippen LogP contribution in [0.3, 0.4) is 0 Å². The Kier molecular flexibility index (Phi) is 3.36. The van der Waals surface area contributed by atoms with Crippen LogP contribution in [-0.4, -0.2) is 10.5 Å². The first-order valence-electron chi connectivity index (χ1n) is 6.82. The van der Waals surface area contributed by atoms with Gasteiger partial charge in [-0.1, -0.05) is 42.5 Å². The minimum absolute atomic E-state index is 0.123. The number of nitrogens with one attached hydrogen (secondary N) is 1. The van der Waals surface area contributed by atoms with Gasteiger partial charge in [-0.25, -0.2) is 0 Å². The second-order valence-corrected chi connectivity index (χ2v) is 5.09. The summed E-state index contributed by atoms with van der Waals surface area (Å²) in [5, 5.41) is 5.28. The number of nitrogens with two attached hydrogens (primary N) is 1. The van der Waals surface area contributed by atoms with E-state index in [9.17, 15) is 4.79 Å². The van der Waals surface area contributed by atoms with Crippen molar-refractivity contribution in [2.45, 2.75) is 6.54 Å². The van der Waals surface area contributed by atoms with Crippen LogP contribution >= 0.6 is 0 Å². The predicted molar refractivity (Wildman–Crippen MR) is 84.9 cm³/mol. The van der Waals surface area contributed by atoms with Crippen molar-refractivity contribution in [2.75, 3.05) is 5.73 Å². The van der Waals surface area contributed by atoms with Crippen LogP contribution in [0.4, 0.5) is 5.69 Å². The van der Waals surface area contributed by atoms with Gasteiger partial charge >= 0.3 is 0 Å². The average molecular weight is 279 g/mol. The third kappa shape index (κ3) is 2.60. The van der Waals surface area contributed by atoms with Crippen molar-refractivity contribution >= 4 is 22.4 Å². The third-order valence-corrected chi connectivity index (χ3v) is 3.58. The van der Waals surface area contributed by atoms with Crippen molar-refractivity contribution < 1.29 is 4.79 Å². The SMILES string of the molecule is Cn1cc(N)cc1C(=O)NCc1cccc2ccccc12. The van der Waals surface area contributed by atoms with Gasteiger partial charge in [-0.05, 0) is 22.4 Å². The number of amides is 1. The van der Waals surface area contributed by atoms with Crippen molar-refractivity contribution in [1.29, 1.82) is 0 Å². The van der Waals surface area contributed by atoms with Gasteiger partial charge in [0.2, 0.25) is 0 Å². The Morgan fingerprint density at radius 3 is 2.71 bits per heavy atom. The first-order chi connectivity index (χ1) is 10.1. The van der Waals surface area contributed by atoms with Crippen LogP contribution in [0.25, 0.3) is 10.8 Å². The molecule has 4 nitrogen and oxygen atoms in total. The molecule has 0 aliphatic carbocycles. The van der Waals surface area contributed by atoms with Gasteiger partial charge < -0.3 is 15.6 Å². The highest BCUT2D eigenvalue weighted by Crippen LogP contribution is 2.18. The molecule has 1 amide bonds. The fraction of sp³-hybridized carbons (Fsp3) is 0.118. The summed E-state index contributed by atoms with van der Waals surface area (Å²) in [6, 6.07) is 15.9. The quantitative estimate of drug-likeness (QED) is 0.774. The number of aromatic nitrogens is 1. The number of carbonyl (C=O) groups excluding carboxylic acids is 1. The van der Waals surface area contributed by atoms with E-state index in [0.717, 1.165) is 10.9 Å². The Bertz CT molecular complexity index is 799. The van der Waals surface area contributed by atoms with E-state index in [1.807, 2.05) is 31.3 Å². The number of fused-ring (bicyclic) bond motifs is 1. The van der Waals surface area contributed by atoms with Crippen LogP contribution in [0.2, 0.25) is 0 Å². The van der Waals surface area contributed by atoms with Crippen LogP contribution in [0.1, 0.15) is 16.1 Å². The highest BCUT2D eigenvalue weighted by atomic mass is 16.1. The molecule has 0 radical (unpaired) electrons. The molecule has 0 unspecified atom stereocenters. The average Bonchev–Trinajstić information content (AvgIpc) is 2.83. The maximum atomic E-state index is 12.2. The highest BCUT2D eigenvalue weighted by molar-refractivity contribution is 5.94. The molecule has 3 N–H and O–H groups in total. The number of rotatable bonds is 3. The molecule has 1 heterocycles. The number of anilines is 1. The molecule has 0 atom stereocenters. The summed E-state index contributed by atoms with van der Waals surface area (Å²) in [4.78, 5) is 12.2. The van der Waals surface area contributed by atoms with Gasteiger partial charge in [-0.15, -0.1) is 0 Å². The summed E-state index contributed by atoms with van der Waals surface area (Å²) in [5.74, 6) is -0.123. The number of carbonyl (C=O) groups is 1. The molecule has 21 heavy (non-hydrogen) atoms. The fourth-order valence-electron chi connectivity index (χ4n) is 2.53. The van der Waals surface area contributed by atoms with Crippen molar-refractivity contribution in [3.8, 4) is 0 Å². The van der Waals surface area contributed by atoms with Crippen LogP contribution in [-0.2, 0) is 13.6 Å². The zero-order valence-corrected chi connectivity index (χ0v) is 11.8. The van der Waals surface area contributed by atoms with Crippen molar-refractivity contribution in [2.24, 2.45) is 7.05 Å². The summed E-state index contributed by atoms with van der Waals surface area (Å²) in [7, 11) is 1.81. The molecule has 0 aliphatic rings. The maximum Gasteiger partial charge on any atom is 0.268 e. The molecule has 0 spiro atoms. The first kappa shape index (κ1) is 13.2. The van der Waals surface area contributed by atoms with Gasteiger partial charge in [0.25, 0.3) is 5.91 Å². The van der Waals surface area contributed by atoms with Gasteiger partial charge in [0.15, 0.2) is 0 Å². The standard InChI is InChI=1S/C17H17N3O/c1-20-11-14(18)9-16(20)17(21)19-10-13-7-4-6-12-5-2-3-8-15(12)13/h2-9,11H,10,18H2,1H3,(H,19,21). The number of hydrogen-bond acceptors (Lipinski definition) is 2. The highest BCUT2D eigenvalue weighted by Gasteiger charge is 2.11. The molecule has 106 valence electrons. The van der Waals surface area contributed by atoms with Crippen molar-refractivity contribution in [1.82, 2.24) is 9.88 Å². The first-order valence-corrected chi connectivity index (χ1v) is 6.82. The smallest absolute Gasteiger partial charge is 0.268 e. The normalized spacial score (nSPS) is 10.7. The summed E-state index contributed by atoms with van der Waals surface area (Å²) in [6.45, 7) is 0.491. The lowest BCUT2D eigenvalue weighted by atomic mass is 10.0. The van der Waals surface area contributed by atoms with Crippen LogP contribution in [0.5, 0.6) is 0 Å². The second-order valence-electron chi connectivity index (χ2n) is 5.09. The Balaban J connectivity index is 1.81. The Morgan fingerprint density at radius 1 is 1.19 bits per heavy atom. The summed E-state index contributed by atoms with van der Waals surface area (Å²) < 4.78 is 1.73. The summed E-state index contributed by atoms with van der Waals surface area (Å²) in [6.07, 6.45) is 1.73. The Hall–Kier alpha value is -2.75. The van der Waals surface area contributed by atoms with Crippen molar-refractivity contribution in [3.05, 3.63) is 66.0 Å². The molecular formula is C17H17N3O. The van der Waals surface area contributed by atoms with E-state index >= 15 is 0 Å². The second kappa shape index (κ2) is 5.32. The molecule has 4 heteroatoms. The minimum atomic E-state index is -0.123. The molecule has 2 aromatic carbocycles. The monoisotopic (exact) mass is 279 g/mol. The van der Waals surface area contributed by atoms with Gasteiger partial charge in [0.05, 0.1) is 5.69 Å². The lowest BCUT2D eigenvalue weighted by Crippen LogP contribution is -2.24. The van der Waals surface area contributed by atoms with E-state index in [4.69, 9.17) is 5.73 Å². The molecular weight excluding hydrogens is 262 g/mol. The van der Waals surface area contributed by atoms with Gasteiger partial charge in [0.1, 0.15) is 5.69 Å². The maximum absolute atomic E-state index is 12.2. The van der Waals surface area contributed by atoms with Crippen LogP contribution < -0.4 is 11.1 Å². The Labute approximate surface area is 123 Å². The fourth-order valence-corrected chi connectivity index (χ4v) is 2.53. The molecule has 1 aromatic heterocycles. The van der Waals surface area contributed by atoms with Gasteiger partial charge in [-0.2, -0.15) is 0 Å². The van der Waals surface area contributed by atoms with E-state index in [2.05, 4.69) is 23.5 Å². The van der Waals surface area contributed by atoms with Gasteiger partial charge in [0, 0.05) is 19.8 Å². The topological polar surface area (TPSA) is 60.0 Å². The van der Waals surface area contributed by atoms with Crippen LogP contribution in [0, 0.1) is 0 Å². The third-order valence-electron chi connectivity index (χ3n) is 3.58. The van der Waals surface area contributed by atoms with E-state index in [0.29, 0.717) is 17.9 Å². The lowest BCUT2D eigenvalue weighted by Gasteiger charge is -2.09. The zero-order valence-electron chi connectivity index (χ0n) is 11.8. The number of nitrogen functional groups attached to an aromatic ring is 1. The van der Waals surface area contributed by atoms with E-state index < -0.39 is 0 Å². The van der Waals surface area contributed by atoms with E-state index in [1.165, 1.54) is 5.39 Å². The van der Waals surface area contributed by atoms with Crippen molar-refractivity contribution in [3.63, 3.8) is 0 Å². The number of benzene rings is 2. The molecule has 0 saturated carbocycles. The molecule has 3 rings (SSSR count). The number of hydrogen-bond donors (Lipinski definition) is 2.